The van der Waals surface area contributed by atoms with Crippen LogP contribution >= 0.6 is 12.2 Å². The van der Waals surface area contributed by atoms with E-state index in [1.165, 1.54) is 0 Å². The van der Waals surface area contributed by atoms with E-state index >= 15 is 0 Å². The average Bonchev–Trinajstić information content (AvgIpc) is 2.54. The highest BCUT2D eigenvalue weighted by molar-refractivity contribution is 7.80. The Morgan fingerprint density at radius 2 is 2.05 bits per heavy atom. The number of thiocarbonyl (C=S) groups is 1. The van der Waals surface area contributed by atoms with Crippen LogP contribution in [0.1, 0.15) is 25.3 Å². The average molecular weight is 322 g/mol. The van der Waals surface area contributed by atoms with Gasteiger partial charge in [-0.25, -0.2) is 0 Å². The maximum absolute atomic E-state index is 12.0. The molecule has 6 heteroatoms. The van der Waals surface area contributed by atoms with Crippen LogP contribution in [0.3, 0.4) is 0 Å². The zero-order chi connectivity index (χ0) is 15.9. The van der Waals surface area contributed by atoms with Crippen LogP contribution in [0.15, 0.2) is 24.3 Å². The summed E-state index contributed by atoms with van der Waals surface area (Å²) in [4.78, 5) is 13.9. The van der Waals surface area contributed by atoms with Gasteiger partial charge in [-0.3, -0.25) is 4.79 Å². The van der Waals surface area contributed by atoms with Crippen molar-refractivity contribution < 1.29 is 14.3 Å². The van der Waals surface area contributed by atoms with Gasteiger partial charge in [0.15, 0.2) is 11.7 Å². The van der Waals surface area contributed by atoms with Gasteiger partial charge < -0.3 is 19.7 Å². The van der Waals surface area contributed by atoms with E-state index in [1.54, 1.807) is 0 Å². The number of rotatable bonds is 4. The zero-order valence-electron chi connectivity index (χ0n) is 13.0. The van der Waals surface area contributed by atoms with Gasteiger partial charge in [0.2, 0.25) is 0 Å². The van der Waals surface area contributed by atoms with Crippen LogP contribution < -0.4 is 10.1 Å². The standard InChI is InChI=1S/C16H22N2O3S/c1-12(2)13-5-3-4-6-14(13)21-11-15(19)17-16(22)18-7-9-20-10-8-18/h3-6,12H,7-11H2,1-2H3,(H,17,19,22). The highest BCUT2D eigenvalue weighted by atomic mass is 32.1. The minimum atomic E-state index is -0.241. The first-order chi connectivity index (χ1) is 10.6. The van der Waals surface area contributed by atoms with E-state index in [-0.39, 0.29) is 12.5 Å². The number of nitrogens with zero attached hydrogens (tertiary/aromatic N) is 1. The molecular formula is C16H22N2O3S. The fraction of sp³-hybridized carbons (Fsp3) is 0.500. The summed E-state index contributed by atoms with van der Waals surface area (Å²) < 4.78 is 10.9. The Kier molecular flexibility index (Phi) is 6.15. The van der Waals surface area contributed by atoms with Crippen LogP contribution in [0, 0.1) is 0 Å². The summed E-state index contributed by atoms with van der Waals surface area (Å²) in [5.74, 6) is 0.841. The summed E-state index contributed by atoms with van der Waals surface area (Å²) in [7, 11) is 0. The normalized spacial score (nSPS) is 14.8. The molecule has 1 aromatic rings. The lowest BCUT2D eigenvalue weighted by Gasteiger charge is -2.28. The molecule has 0 spiro atoms. The largest absolute Gasteiger partial charge is 0.483 e. The lowest BCUT2D eigenvalue weighted by molar-refractivity contribution is -0.121. The Labute approximate surface area is 136 Å². The number of amides is 1. The van der Waals surface area contributed by atoms with Gasteiger partial charge >= 0.3 is 0 Å². The number of benzene rings is 1. The van der Waals surface area contributed by atoms with Crippen LogP contribution in [0.5, 0.6) is 5.75 Å². The number of carbonyl (C=O) groups excluding carboxylic acids is 1. The van der Waals surface area contributed by atoms with Gasteiger partial charge in [-0.15, -0.1) is 0 Å². The number of carbonyl (C=O) groups is 1. The SMILES string of the molecule is CC(C)c1ccccc1OCC(=O)NC(=S)N1CCOCC1. The molecule has 1 heterocycles. The number of hydrogen-bond acceptors (Lipinski definition) is 4. The van der Waals surface area contributed by atoms with Crippen molar-refractivity contribution in [2.45, 2.75) is 19.8 Å². The molecule has 1 aromatic carbocycles. The summed E-state index contributed by atoms with van der Waals surface area (Å²) >= 11 is 5.23. The number of ether oxygens (including phenoxy) is 2. The molecule has 0 aliphatic carbocycles. The molecule has 0 radical (unpaired) electrons. The molecule has 0 bridgehead atoms. The molecule has 0 aromatic heterocycles. The van der Waals surface area contributed by atoms with Crippen LogP contribution in [0.4, 0.5) is 0 Å². The van der Waals surface area contributed by atoms with E-state index in [4.69, 9.17) is 21.7 Å². The molecule has 22 heavy (non-hydrogen) atoms. The number of nitrogens with one attached hydrogen (secondary N) is 1. The molecule has 1 aliphatic heterocycles. The van der Waals surface area contributed by atoms with E-state index in [0.29, 0.717) is 37.3 Å². The Hall–Kier alpha value is -1.66. The second-order valence-electron chi connectivity index (χ2n) is 5.43. The first-order valence-corrected chi connectivity index (χ1v) is 7.87. The van der Waals surface area contributed by atoms with E-state index < -0.39 is 0 Å². The predicted molar refractivity (Wildman–Crippen MR) is 89.2 cm³/mol. The fourth-order valence-corrected chi connectivity index (χ4v) is 2.53. The molecule has 1 saturated heterocycles. The Balaban J connectivity index is 1.84. The van der Waals surface area contributed by atoms with Gasteiger partial charge in [0, 0.05) is 13.1 Å². The minimum absolute atomic E-state index is 0.0474. The van der Waals surface area contributed by atoms with Crippen molar-refractivity contribution in [3.05, 3.63) is 29.8 Å². The number of morpholine rings is 1. The quantitative estimate of drug-likeness (QED) is 0.859. The van der Waals surface area contributed by atoms with Crippen LogP contribution in [-0.2, 0) is 9.53 Å². The van der Waals surface area contributed by atoms with Gasteiger partial charge in [0.1, 0.15) is 5.75 Å². The minimum Gasteiger partial charge on any atom is -0.483 e. The third-order valence-electron chi connectivity index (χ3n) is 3.44. The summed E-state index contributed by atoms with van der Waals surface area (Å²) in [5, 5.41) is 3.15. The molecule has 1 fully saturated rings. The van der Waals surface area contributed by atoms with E-state index in [2.05, 4.69) is 19.2 Å². The molecule has 120 valence electrons. The van der Waals surface area contributed by atoms with Crippen LogP contribution in [0.2, 0.25) is 0 Å². The van der Waals surface area contributed by atoms with Gasteiger partial charge in [-0.1, -0.05) is 32.0 Å². The fourth-order valence-electron chi connectivity index (χ4n) is 2.23. The van der Waals surface area contributed by atoms with Crippen molar-refractivity contribution in [3.8, 4) is 5.75 Å². The molecule has 1 amide bonds. The molecular weight excluding hydrogens is 300 g/mol. The molecule has 1 aliphatic rings. The predicted octanol–water partition coefficient (Wildman–Crippen LogP) is 1.92. The van der Waals surface area contributed by atoms with Crippen LogP contribution in [-0.4, -0.2) is 48.8 Å². The van der Waals surface area contributed by atoms with Gasteiger partial charge in [-0.05, 0) is 29.8 Å². The van der Waals surface area contributed by atoms with Crippen molar-refractivity contribution in [3.63, 3.8) is 0 Å². The van der Waals surface area contributed by atoms with Crippen molar-refractivity contribution in [1.29, 1.82) is 0 Å². The second-order valence-corrected chi connectivity index (χ2v) is 5.82. The topological polar surface area (TPSA) is 50.8 Å². The second kappa shape index (κ2) is 8.10. The summed E-state index contributed by atoms with van der Waals surface area (Å²) in [6.07, 6.45) is 0. The lowest BCUT2D eigenvalue weighted by atomic mass is 10.0. The Morgan fingerprint density at radius 3 is 2.73 bits per heavy atom. The van der Waals surface area contributed by atoms with Crippen molar-refractivity contribution in [1.82, 2.24) is 10.2 Å². The van der Waals surface area contributed by atoms with E-state index in [9.17, 15) is 4.79 Å². The van der Waals surface area contributed by atoms with Crippen molar-refractivity contribution in [2.24, 2.45) is 0 Å². The third-order valence-corrected chi connectivity index (χ3v) is 3.80. The first kappa shape index (κ1) is 16.7. The lowest BCUT2D eigenvalue weighted by Crippen LogP contribution is -2.48. The Morgan fingerprint density at radius 1 is 1.36 bits per heavy atom. The number of para-hydroxylation sites is 1. The van der Waals surface area contributed by atoms with Gasteiger partial charge in [-0.2, -0.15) is 0 Å². The maximum Gasteiger partial charge on any atom is 0.264 e. The van der Waals surface area contributed by atoms with Crippen molar-refractivity contribution in [2.75, 3.05) is 32.9 Å². The van der Waals surface area contributed by atoms with Gasteiger partial charge in [0.25, 0.3) is 5.91 Å². The first-order valence-electron chi connectivity index (χ1n) is 7.46. The monoisotopic (exact) mass is 322 g/mol. The Bertz CT molecular complexity index is 528. The van der Waals surface area contributed by atoms with Crippen LogP contribution in [0.25, 0.3) is 0 Å². The van der Waals surface area contributed by atoms with E-state index in [1.807, 2.05) is 29.2 Å². The molecule has 0 unspecified atom stereocenters. The number of hydrogen-bond donors (Lipinski definition) is 1. The maximum atomic E-state index is 12.0. The molecule has 0 saturated carbocycles. The third kappa shape index (κ3) is 4.68. The van der Waals surface area contributed by atoms with E-state index in [0.717, 1.165) is 11.3 Å². The summed E-state index contributed by atoms with van der Waals surface area (Å²) in [6, 6.07) is 7.76. The van der Waals surface area contributed by atoms with Gasteiger partial charge in [0.05, 0.1) is 13.2 Å². The summed E-state index contributed by atoms with van der Waals surface area (Å²) in [5.41, 5.74) is 1.09. The highest BCUT2D eigenvalue weighted by Crippen LogP contribution is 2.25. The molecule has 0 atom stereocenters. The zero-order valence-corrected chi connectivity index (χ0v) is 13.8. The molecule has 2 rings (SSSR count). The molecule has 5 nitrogen and oxygen atoms in total. The molecule has 1 N–H and O–H groups in total. The van der Waals surface area contributed by atoms with Crippen molar-refractivity contribution >= 4 is 23.2 Å². The summed E-state index contributed by atoms with van der Waals surface area (Å²) in [6.45, 7) is 6.81. The smallest absolute Gasteiger partial charge is 0.264 e. The highest BCUT2D eigenvalue weighted by Gasteiger charge is 2.16.